The summed E-state index contributed by atoms with van der Waals surface area (Å²) in [5.41, 5.74) is 1.97. The zero-order valence-corrected chi connectivity index (χ0v) is 21.4. The summed E-state index contributed by atoms with van der Waals surface area (Å²) in [6, 6.07) is 15.8. The zero-order valence-electron chi connectivity index (χ0n) is 19.8. The van der Waals surface area contributed by atoms with Crippen LogP contribution in [0.2, 0.25) is 5.02 Å². The number of piperazine rings is 1. The van der Waals surface area contributed by atoms with Crippen LogP contribution in [-0.2, 0) is 0 Å². The van der Waals surface area contributed by atoms with Crippen molar-refractivity contribution in [2.24, 2.45) is 0 Å². The molecule has 0 unspecified atom stereocenters. The second kappa shape index (κ2) is 11.9. The lowest BCUT2D eigenvalue weighted by atomic mass is 10.2. The molecule has 1 fully saturated rings. The molecule has 36 heavy (non-hydrogen) atoms. The van der Waals surface area contributed by atoms with Gasteiger partial charge in [-0.15, -0.1) is 0 Å². The van der Waals surface area contributed by atoms with E-state index in [9.17, 15) is 9.59 Å². The molecule has 0 bridgehead atoms. The predicted molar refractivity (Wildman–Crippen MR) is 144 cm³/mol. The Morgan fingerprint density at radius 1 is 1.08 bits per heavy atom. The van der Waals surface area contributed by atoms with E-state index in [0.717, 1.165) is 12.1 Å². The molecule has 0 aliphatic carbocycles. The van der Waals surface area contributed by atoms with Gasteiger partial charge in [0, 0.05) is 37.4 Å². The number of benzene rings is 2. The van der Waals surface area contributed by atoms with Crippen molar-refractivity contribution in [1.29, 1.82) is 0 Å². The molecule has 0 saturated carbocycles. The minimum atomic E-state index is -0.334. The van der Waals surface area contributed by atoms with Crippen molar-refractivity contribution in [1.82, 2.24) is 10.2 Å². The molecular weight excluding hydrogens is 500 g/mol. The smallest absolute Gasteiger partial charge is 0.289 e. The minimum Gasteiger partial charge on any atom is -0.494 e. The standard InChI is InChI=1S/C26H27ClN4O4S/c1-2-14-34-20-6-3-5-18(16-20)24(32)29-26(36)28-19-8-9-22(21(27)17-19)30-10-12-31(13-11-30)25(33)23-7-4-15-35-23/h3-9,15-17H,2,10-14H2,1H3,(H2,28,29,32,36). The average molecular weight is 527 g/mol. The Labute approximate surface area is 220 Å². The fourth-order valence-electron chi connectivity index (χ4n) is 3.83. The van der Waals surface area contributed by atoms with Gasteiger partial charge < -0.3 is 24.3 Å². The number of carbonyl (C=O) groups is 2. The third kappa shape index (κ3) is 6.35. The maximum atomic E-state index is 12.6. The number of amides is 2. The van der Waals surface area contributed by atoms with E-state index in [2.05, 4.69) is 15.5 Å². The van der Waals surface area contributed by atoms with Gasteiger partial charge in [0.2, 0.25) is 0 Å². The van der Waals surface area contributed by atoms with Gasteiger partial charge in [-0.1, -0.05) is 24.6 Å². The summed E-state index contributed by atoms with van der Waals surface area (Å²) in [5, 5.41) is 6.38. The molecule has 10 heteroatoms. The molecule has 1 aliphatic rings. The van der Waals surface area contributed by atoms with Crippen LogP contribution in [0, 0.1) is 0 Å². The number of nitrogens with one attached hydrogen (secondary N) is 2. The summed E-state index contributed by atoms with van der Waals surface area (Å²) in [5.74, 6) is 0.537. The van der Waals surface area contributed by atoms with Gasteiger partial charge in [0.05, 0.1) is 23.6 Å². The molecular formula is C26H27ClN4O4S. The predicted octanol–water partition coefficient (Wildman–Crippen LogP) is 4.81. The lowest BCUT2D eigenvalue weighted by Crippen LogP contribution is -2.48. The molecule has 4 rings (SSSR count). The minimum absolute atomic E-state index is 0.110. The first-order chi connectivity index (χ1) is 17.4. The molecule has 2 heterocycles. The highest BCUT2D eigenvalue weighted by Gasteiger charge is 2.24. The lowest BCUT2D eigenvalue weighted by Gasteiger charge is -2.36. The number of nitrogens with zero attached hydrogens (tertiary/aromatic N) is 2. The van der Waals surface area contributed by atoms with Crippen molar-refractivity contribution >= 4 is 52.1 Å². The second-order valence-electron chi connectivity index (χ2n) is 8.21. The number of hydrogen-bond donors (Lipinski definition) is 2. The lowest BCUT2D eigenvalue weighted by molar-refractivity contribution is 0.0714. The summed E-state index contributed by atoms with van der Waals surface area (Å²) < 4.78 is 10.8. The van der Waals surface area contributed by atoms with Crippen LogP contribution in [0.25, 0.3) is 0 Å². The molecule has 0 atom stereocenters. The van der Waals surface area contributed by atoms with Gasteiger partial charge in [-0.25, -0.2) is 0 Å². The summed E-state index contributed by atoms with van der Waals surface area (Å²) in [6.07, 6.45) is 2.38. The van der Waals surface area contributed by atoms with Gasteiger partial charge in [0.25, 0.3) is 11.8 Å². The fourth-order valence-corrected chi connectivity index (χ4v) is 4.34. The highest BCUT2D eigenvalue weighted by atomic mass is 35.5. The van der Waals surface area contributed by atoms with Gasteiger partial charge in [-0.05, 0) is 67.2 Å². The van der Waals surface area contributed by atoms with Crippen molar-refractivity contribution in [2.45, 2.75) is 13.3 Å². The highest BCUT2D eigenvalue weighted by molar-refractivity contribution is 7.80. The first kappa shape index (κ1) is 25.5. The number of hydrogen-bond acceptors (Lipinski definition) is 6. The number of carbonyl (C=O) groups excluding carboxylic acids is 2. The topological polar surface area (TPSA) is 87.0 Å². The van der Waals surface area contributed by atoms with Crippen LogP contribution >= 0.6 is 23.8 Å². The molecule has 0 spiro atoms. The molecule has 2 amide bonds. The molecule has 1 aromatic heterocycles. The van der Waals surface area contributed by atoms with Gasteiger partial charge in [-0.2, -0.15) is 0 Å². The van der Waals surface area contributed by atoms with E-state index in [1.54, 1.807) is 41.3 Å². The average Bonchev–Trinajstić information content (AvgIpc) is 3.42. The third-order valence-corrected chi connectivity index (χ3v) is 6.15. The van der Waals surface area contributed by atoms with E-state index in [-0.39, 0.29) is 16.9 Å². The molecule has 8 nitrogen and oxygen atoms in total. The van der Waals surface area contributed by atoms with Crippen LogP contribution in [0.5, 0.6) is 5.75 Å². The van der Waals surface area contributed by atoms with Crippen LogP contribution in [-0.4, -0.2) is 54.6 Å². The number of anilines is 2. The number of halogens is 1. The van der Waals surface area contributed by atoms with Crippen LogP contribution in [0.4, 0.5) is 11.4 Å². The van der Waals surface area contributed by atoms with Crippen molar-refractivity contribution < 1.29 is 18.7 Å². The first-order valence-corrected chi connectivity index (χ1v) is 12.5. The number of rotatable bonds is 7. The van der Waals surface area contributed by atoms with Crippen molar-refractivity contribution in [2.75, 3.05) is 43.0 Å². The van der Waals surface area contributed by atoms with Crippen LogP contribution in [0.15, 0.2) is 65.3 Å². The Bertz CT molecular complexity index is 1230. The number of ether oxygens (including phenoxy) is 1. The molecule has 0 radical (unpaired) electrons. The fraction of sp³-hybridized carbons (Fsp3) is 0.269. The maximum Gasteiger partial charge on any atom is 0.289 e. The van der Waals surface area contributed by atoms with Gasteiger partial charge in [0.1, 0.15) is 5.75 Å². The Morgan fingerprint density at radius 2 is 1.89 bits per heavy atom. The van der Waals surface area contributed by atoms with E-state index in [1.807, 2.05) is 25.1 Å². The summed E-state index contributed by atoms with van der Waals surface area (Å²) in [7, 11) is 0. The molecule has 188 valence electrons. The number of thiocarbonyl (C=S) groups is 1. The Kier molecular flexibility index (Phi) is 8.45. The van der Waals surface area contributed by atoms with Crippen LogP contribution in [0.1, 0.15) is 34.3 Å². The zero-order chi connectivity index (χ0) is 25.5. The summed E-state index contributed by atoms with van der Waals surface area (Å²) in [6.45, 7) is 5.03. The quantitative estimate of drug-likeness (QED) is 0.427. The van der Waals surface area contributed by atoms with Crippen molar-refractivity contribution in [3.8, 4) is 5.75 Å². The van der Waals surface area contributed by atoms with Gasteiger partial charge >= 0.3 is 0 Å². The largest absolute Gasteiger partial charge is 0.494 e. The Hall–Kier alpha value is -3.56. The SMILES string of the molecule is CCCOc1cccc(C(=O)NC(=S)Nc2ccc(N3CCN(C(=O)c4ccco4)CC3)c(Cl)c2)c1. The van der Waals surface area contributed by atoms with E-state index in [0.29, 0.717) is 60.6 Å². The van der Waals surface area contributed by atoms with E-state index in [4.69, 9.17) is 33.0 Å². The molecule has 3 aromatic rings. The normalized spacial score (nSPS) is 13.3. The van der Waals surface area contributed by atoms with Gasteiger partial charge in [-0.3, -0.25) is 14.9 Å². The number of furan rings is 1. The van der Waals surface area contributed by atoms with Crippen molar-refractivity contribution in [3.05, 3.63) is 77.2 Å². The summed E-state index contributed by atoms with van der Waals surface area (Å²) in [4.78, 5) is 29.0. The molecule has 2 aromatic carbocycles. The maximum absolute atomic E-state index is 12.6. The highest BCUT2D eigenvalue weighted by Crippen LogP contribution is 2.30. The van der Waals surface area contributed by atoms with Crippen molar-refractivity contribution in [3.63, 3.8) is 0 Å². The molecule has 1 saturated heterocycles. The third-order valence-electron chi connectivity index (χ3n) is 5.64. The molecule has 1 aliphatic heterocycles. The second-order valence-corrected chi connectivity index (χ2v) is 9.02. The summed E-state index contributed by atoms with van der Waals surface area (Å²) >= 11 is 11.9. The van der Waals surface area contributed by atoms with Gasteiger partial charge in [0.15, 0.2) is 10.9 Å². The Morgan fingerprint density at radius 3 is 2.58 bits per heavy atom. The van der Waals surface area contributed by atoms with E-state index >= 15 is 0 Å². The Balaban J connectivity index is 1.31. The molecule has 2 N–H and O–H groups in total. The van der Waals surface area contributed by atoms with Crippen LogP contribution in [0.3, 0.4) is 0 Å². The van der Waals surface area contributed by atoms with E-state index in [1.165, 1.54) is 6.26 Å². The van der Waals surface area contributed by atoms with E-state index < -0.39 is 0 Å². The van der Waals surface area contributed by atoms with Crippen LogP contribution < -0.4 is 20.3 Å². The first-order valence-electron chi connectivity index (χ1n) is 11.7. The monoisotopic (exact) mass is 526 g/mol.